The van der Waals surface area contributed by atoms with Crippen LogP contribution in [0.5, 0.6) is 5.75 Å². The quantitative estimate of drug-likeness (QED) is 0.164. The predicted octanol–water partition coefficient (Wildman–Crippen LogP) is 8.22. The maximum atomic E-state index is 13.4. The summed E-state index contributed by atoms with van der Waals surface area (Å²) in [6, 6.07) is 29.7. The Hall–Kier alpha value is -5.43. The molecule has 4 aromatic carbocycles. The molecule has 2 aromatic heterocycles. The Bertz CT molecular complexity index is 2140. The predicted molar refractivity (Wildman–Crippen MR) is 184 cm³/mol. The van der Waals surface area contributed by atoms with Crippen molar-refractivity contribution in [1.82, 2.24) is 9.88 Å². The molecular formula is C40H36N2O5. The molecule has 7 nitrogen and oxygen atoms in total. The van der Waals surface area contributed by atoms with Crippen LogP contribution >= 0.6 is 0 Å². The van der Waals surface area contributed by atoms with Crippen LogP contribution in [0.2, 0.25) is 0 Å². The van der Waals surface area contributed by atoms with Gasteiger partial charge in [0.1, 0.15) is 23.7 Å². The average Bonchev–Trinajstić information content (AvgIpc) is 3.45. The molecule has 0 saturated heterocycles. The third-order valence-electron chi connectivity index (χ3n) is 9.13. The third kappa shape index (κ3) is 6.47. The van der Waals surface area contributed by atoms with Crippen LogP contribution in [0.25, 0.3) is 33.2 Å². The molecule has 7 rings (SSSR count). The number of amides is 1. The van der Waals surface area contributed by atoms with Crippen LogP contribution in [0.15, 0.2) is 112 Å². The summed E-state index contributed by atoms with van der Waals surface area (Å²) in [5, 5.41) is 4.35. The number of hydrogen-bond acceptors (Lipinski definition) is 5. The number of carbonyl (C=O) groups is 2. The van der Waals surface area contributed by atoms with E-state index in [-0.39, 0.29) is 23.0 Å². The monoisotopic (exact) mass is 624 g/mol. The Kier molecular flexibility index (Phi) is 8.44. The number of hydrogen-bond donors (Lipinski definition) is 1. The van der Waals surface area contributed by atoms with E-state index in [1.807, 2.05) is 90.6 Å². The highest BCUT2D eigenvalue weighted by molar-refractivity contribution is 6.10. The van der Waals surface area contributed by atoms with Gasteiger partial charge in [-0.1, -0.05) is 73.9 Å². The first-order valence-corrected chi connectivity index (χ1v) is 16.2. The van der Waals surface area contributed by atoms with Gasteiger partial charge in [-0.15, -0.1) is 0 Å². The number of nitrogens with one attached hydrogen (secondary N) is 1. The van der Waals surface area contributed by atoms with Crippen LogP contribution in [-0.4, -0.2) is 16.3 Å². The molecule has 0 radical (unpaired) electrons. The van der Waals surface area contributed by atoms with Crippen molar-refractivity contribution in [2.24, 2.45) is 13.0 Å². The molecule has 1 aliphatic rings. The highest BCUT2D eigenvalue weighted by Crippen LogP contribution is 2.31. The van der Waals surface area contributed by atoms with Crippen molar-refractivity contribution in [3.8, 4) is 17.1 Å². The smallest absolute Gasteiger partial charge is 0.251 e. The summed E-state index contributed by atoms with van der Waals surface area (Å²) in [6.45, 7) is 0.702. The first kappa shape index (κ1) is 30.2. The highest BCUT2D eigenvalue weighted by atomic mass is 16.5. The minimum Gasteiger partial charge on any atom is -0.489 e. The van der Waals surface area contributed by atoms with E-state index in [1.54, 1.807) is 18.2 Å². The molecule has 2 heterocycles. The molecule has 0 spiro atoms. The molecule has 7 heteroatoms. The number of aryl methyl sites for hydroxylation is 1. The maximum absolute atomic E-state index is 13.4. The van der Waals surface area contributed by atoms with E-state index in [9.17, 15) is 14.4 Å². The van der Waals surface area contributed by atoms with Crippen LogP contribution in [-0.2, 0) is 20.2 Å². The van der Waals surface area contributed by atoms with Gasteiger partial charge in [0.05, 0.1) is 5.39 Å². The summed E-state index contributed by atoms with van der Waals surface area (Å²) in [5.41, 5.74) is 5.32. The van der Waals surface area contributed by atoms with Crippen LogP contribution < -0.4 is 15.5 Å². The van der Waals surface area contributed by atoms with Crippen molar-refractivity contribution >= 4 is 33.6 Å². The lowest BCUT2D eigenvalue weighted by Gasteiger charge is -2.19. The van der Waals surface area contributed by atoms with E-state index in [4.69, 9.17) is 9.15 Å². The van der Waals surface area contributed by atoms with Gasteiger partial charge in [-0.05, 0) is 54.3 Å². The number of fused-ring (bicyclic) bond motifs is 2. The van der Waals surface area contributed by atoms with Crippen molar-refractivity contribution in [3.05, 3.63) is 136 Å². The average molecular weight is 625 g/mol. The number of Topliss-reactive ketones (excluding diaryl/α,β-unsaturated/α-hetero) is 1. The number of benzene rings is 4. The second-order valence-electron chi connectivity index (χ2n) is 12.4. The second-order valence-corrected chi connectivity index (χ2v) is 12.4. The van der Waals surface area contributed by atoms with E-state index in [0.29, 0.717) is 46.8 Å². The first-order valence-electron chi connectivity index (χ1n) is 16.2. The first-order chi connectivity index (χ1) is 22.9. The third-order valence-corrected chi connectivity index (χ3v) is 9.13. The Morgan fingerprint density at radius 3 is 2.40 bits per heavy atom. The van der Waals surface area contributed by atoms with Crippen LogP contribution in [0.1, 0.15) is 63.9 Å². The topological polar surface area (TPSA) is 90.5 Å². The van der Waals surface area contributed by atoms with Gasteiger partial charge in [0, 0.05) is 65.4 Å². The van der Waals surface area contributed by atoms with Crippen LogP contribution in [0, 0.1) is 5.92 Å². The molecule has 6 aromatic rings. The van der Waals surface area contributed by atoms with Gasteiger partial charge in [-0.25, -0.2) is 0 Å². The fourth-order valence-corrected chi connectivity index (χ4v) is 6.49. The van der Waals surface area contributed by atoms with Gasteiger partial charge in [0.2, 0.25) is 0 Å². The summed E-state index contributed by atoms with van der Waals surface area (Å²) in [7, 11) is 1.94. The molecule has 1 aliphatic carbocycles. The minimum absolute atomic E-state index is 0.0726. The maximum Gasteiger partial charge on any atom is 0.251 e. The normalized spacial score (nSPS) is 13.6. The van der Waals surface area contributed by atoms with E-state index in [0.717, 1.165) is 53.3 Å². The van der Waals surface area contributed by atoms with E-state index >= 15 is 0 Å². The second kappa shape index (κ2) is 13.1. The number of carbonyl (C=O) groups excluding carboxylic acids is 2. The molecule has 0 aliphatic heterocycles. The molecule has 1 fully saturated rings. The Morgan fingerprint density at radius 1 is 0.851 bits per heavy atom. The van der Waals surface area contributed by atoms with Gasteiger partial charge >= 0.3 is 0 Å². The molecule has 47 heavy (non-hydrogen) atoms. The van der Waals surface area contributed by atoms with Crippen molar-refractivity contribution in [3.63, 3.8) is 0 Å². The lowest BCUT2D eigenvalue weighted by molar-refractivity contribution is 0.0889. The van der Waals surface area contributed by atoms with Gasteiger partial charge in [-0.2, -0.15) is 0 Å². The van der Waals surface area contributed by atoms with Gasteiger partial charge < -0.3 is 19.0 Å². The summed E-state index contributed by atoms with van der Waals surface area (Å²) in [6.07, 6.45) is 7.20. The number of ketones is 1. The number of ether oxygens (including phenoxy) is 1. The Labute approximate surface area is 272 Å². The molecule has 1 N–H and O–H groups in total. The SMILES string of the molecule is Cn1cc(C(=O)C2CCCCC2)c2cc(C(=O)NCc3ccc(COc4ccc5c(=O)cc(-c6ccccc6)oc5c4)cc3)ccc21. The van der Waals surface area contributed by atoms with Crippen LogP contribution in [0.3, 0.4) is 0 Å². The van der Waals surface area contributed by atoms with Crippen molar-refractivity contribution < 1.29 is 18.7 Å². The molecular weight excluding hydrogens is 588 g/mol. The van der Waals surface area contributed by atoms with E-state index in [1.165, 1.54) is 12.5 Å². The van der Waals surface area contributed by atoms with Gasteiger partial charge in [-0.3, -0.25) is 14.4 Å². The Balaban J connectivity index is 0.982. The van der Waals surface area contributed by atoms with Gasteiger partial charge in [0.25, 0.3) is 5.91 Å². The molecule has 0 bridgehead atoms. The summed E-state index contributed by atoms with van der Waals surface area (Å²) < 4.78 is 14.0. The molecule has 1 saturated carbocycles. The Morgan fingerprint density at radius 2 is 1.62 bits per heavy atom. The number of nitrogens with zero attached hydrogens (tertiary/aromatic N) is 1. The fraction of sp³-hybridized carbons (Fsp3) is 0.225. The van der Waals surface area contributed by atoms with Crippen molar-refractivity contribution in [1.29, 1.82) is 0 Å². The molecule has 0 atom stereocenters. The molecule has 1 amide bonds. The molecule has 0 unspecified atom stereocenters. The lowest BCUT2D eigenvalue weighted by atomic mass is 9.84. The zero-order valence-electron chi connectivity index (χ0n) is 26.3. The van der Waals surface area contributed by atoms with Crippen LogP contribution in [0.4, 0.5) is 0 Å². The molecule has 236 valence electrons. The zero-order valence-corrected chi connectivity index (χ0v) is 26.3. The largest absolute Gasteiger partial charge is 0.489 e. The lowest BCUT2D eigenvalue weighted by Crippen LogP contribution is -2.22. The van der Waals surface area contributed by atoms with Crippen molar-refractivity contribution in [2.45, 2.75) is 45.3 Å². The minimum atomic E-state index is -0.183. The van der Waals surface area contributed by atoms with E-state index < -0.39 is 0 Å². The van der Waals surface area contributed by atoms with E-state index in [2.05, 4.69) is 5.32 Å². The van der Waals surface area contributed by atoms with Crippen molar-refractivity contribution in [2.75, 3.05) is 0 Å². The standard InChI is InChI=1S/C40H36N2O5/c1-42-24-34(39(44)29-10-6-3-7-11-29)33-20-30(16-19-35(33)42)40(45)41-23-26-12-14-27(15-13-26)25-46-31-17-18-32-36(43)22-37(47-38(32)21-31)28-8-4-2-5-9-28/h2,4-5,8-9,12-22,24,29H,3,6-7,10-11,23,25H2,1H3,(H,41,45). The number of aromatic nitrogens is 1. The fourth-order valence-electron chi connectivity index (χ4n) is 6.49. The summed E-state index contributed by atoms with van der Waals surface area (Å²) in [4.78, 5) is 39.2. The highest BCUT2D eigenvalue weighted by Gasteiger charge is 2.25. The number of rotatable bonds is 9. The van der Waals surface area contributed by atoms with Gasteiger partial charge in [0.15, 0.2) is 11.2 Å². The summed E-state index contributed by atoms with van der Waals surface area (Å²) in [5.74, 6) is 1.20. The summed E-state index contributed by atoms with van der Waals surface area (Å²) >= 11 is 0. The zero-order chi connectivity index (χ0) is 32.3.